The Morgan fingerprint density at radius 2 is 2.31 bits per heavy atom. The summed E-state index contributed by atoms with van der Waals surface area (Å²) in [6.07, 6.45) is 1.88. The Morgan fingerprint density at radius 1 is 1.50 bits per heavy atom. The monoisotopic (exact) mass is 235 g/mol. The molecule has 1 aromatic carbocycles. The molecule has 1 atom stereocenters. The summed E-state index contributed by atoms with van der Waals surface area (Å²) in [5, 5.41) is 4.29. The molecule has 0 amide bonds. The number of halogens is 1. The van der Waals surface area contributed by atoms with Crippen molar-refractivity contribution in [2.75, 3.05) is 6.54 Å². The molecular formula is C13H14FNS. The second-order valence-corrected chi connectivity index (χ2v) is 4.72. The molecule has 0 radical (unpaired) electrons. The first kappa shape index (κ1) is 11.3. The van der Waals surface area contributed by atoms with Gasteiger partial charge in [0.25, 0.3) is 0 Å². The van der Waals surface area contributed by atoms with Crippen molar-refractivity contribution in [1.82, 2.24) is 5.32 Å². The quantitative estimate of drug-likeness (QED) is 0.793. The van der Waals surface area contributed by atoms with Crippen LogP contribution in [-0.4, -0.2) is 6.54 Å². The van der Waals surface area contributed by atoms with Gasteiger partial charge < -0.3 is 5.32 Å². The number of hydrogen-bond acceptors (Lipinski definition) is 2. The van der Waals surface area contributed by atoms with Crippen LogP contribution >= 0.6 is 11.3 Å². The molecule has 16 heavy (non-hydrogen) atoms. The van der Waals surface area contributed by atoms with Crippen molar-refractivity contribution in [3.63, 3.8) is 0 Å². The van der Waals surface area contributed by atoms with E-state index in [0.717, 1.165) is 16.6 Å². The zero-order valence-corrected chi connectivity index (χ0v) is 9.98. The number of thiophene rings is 1. The van der Waals surface area contributed by atoms with Crippen LogP contribution in [0.2, 0.25) is 0 Å². The van der Waals surface area contributed by atoms with E-state index in [4.69, 9.17) is 0 Å². The average Bonchev–Trinajstić information content (AvgIpc) is 2.68. The highest BCUT2D eigenvalue weighted by atomic mass is 32.1. The Kier molecular flexibility index (Phi) is 3.36. The molecule has 0 aliphatic heterocycles. The fraction of sp³-hybridized carbons (Fsp3) is 0.231. The number of benzene rings is 1. The number of rotatable bonds is 4. The van der Waals surface area contributed by atoms with E-state index in [1.54, 1.807) is 17.4 Å². The summed E-state index contributed by atoms with van der Waals surface area (Å²) >= 11 is 1.68. The van der Waals surface area contributed by atoms with Gasteiger partial charge in [-0.1, -0.05) is 13.0 Å². The maximum Gasteiger partial charge on any atom is 0.123 e. The Morgan fingerprint density at radius 3 is 3.00 bits per heavy atom. The molecule has 0 aliphatic rings. The average molecular weight is 235 g/mol. The third-order valence-electron chi connectivity index (χ3n) is 2.46. The van der Waals surface area contributed by atoms with Crippen molar-refractivity contribution >= 4 is 21.4 Å². The molecule has 0 aliphatic carbocycles. The van der Waals surface area contributed by atoms with E-state index >= 15 is 0 Å². The van der Waals surface area contributed by atoms with Gasteiger partial charge in [0.15, 0.2) is 0 Å². The minimum Gasteiger partial charge on any atom is -0.306 e. The summed E-state index contributed by atoms with van der Waals surface area (Å²) in [5.41, 5.74) is 0. The number of fused-ring (bicyclic) bond motifs is 1. The van der Waals surface area contributed by atoms with Crippen LogP contribution in [0.3, 0.4) is 0 Å². The largest absolute Gasteiger partial charge is 0.306 e. The molecule has 1 aromatic heterocycles. The maximum atomic E-state index is 13.0. The summed E-state index contributed by atoms with van der Waals surface area (Å²) < 4.78 is 14.2. The normalized spacial score (nSPS) is 12.9. The molecular weight excluding hydrogens is 221 g/mol. The van der Waals surface area contributed by atoms with Crippen LogP contribution in [0.25, 0.3) is 10.1 Å². The van der Waals surface area contributed by atoms with Crippen LogP contribution in [0.1, 0.15) is 17.8 Å². The van der Waals surface area contributed by atoms with Crippen LogP contribution < -0.4 is 5.32 Å². The Hall–Kier alpha value is -1.19. The van der Waals surface area contributed by atoms with Gasteiger partial charge in [-0.15, -0.1) is 17.9 Å². The molecule has 0 fully saturated rings. The Balaban J connectivity index is 2.41. The van der Waals surface area contributed by atoms with Gasteiger partial charge in [-0.05, 0) is 36.2 Å². The third kappa shape index (κ3) is 2.15. The second kappa shape index (κ2) is 4.76. The lowest BCUT2D eigenvalue weighted by atomic mass is 10.2. The summed E-state index contributed by atoms with van der Waals surface area (Å²) in [4.78, 5) is 1.18. The van der Waals surface area contributed by atoms with Crippen molar-refractivity contribution in [1.29, 1.82) is 0 Å². The zero-order valence-electron chi connectivity index (χ0n) is 9.16. The molecule has 1 nitrogen and oxygen atoms in total. The highest BCUT2D eigenvalue weighted by Crippen LogP contribution is 2.30. The Bertz CT molecular complexity index is 504. The zero-order chi connectivity index (χ0) is 11.5. The number of likely N-dealkylation sites (N-methyl/N-ethyl adjacent to an activating group) is 1. The van der Waals surface area contributed by atoms with Crippen LogP contribution in [0.5, 0.6) is 0 Å². The van der Waals surface area contributed by atoms with Gasteiger partial charge in [-0.3, -0.25) is 0 Å². The van der Waals surface area contributed by atoms with Gasteiger partial charge in [-0.25, -0.2) is 4.39 Å². The molecule has 0 saturated carbocycles. The van der Waals surface area contributed by atoms with Gasteiger partial charge >= 0.3 is 0 Å². The molecule has 0 spiro atoms. The third-order valence-corrected chi connectivity index (χ3v) is 3.66. The summed E-state index contributed by atoms with van der Waals surface area (Å²) in [5.74, 6) is -0.185. The highest BCUT2D eigenvalue weighted by Gasteiger charge is 2.10. The summed E-state index contributed by atoms with van der Waals surface area (Å²) in [7, 11) is 0. The number of nitrogens with one attached hydrogen (secondary N) is 1. The van der Waals surface area contributed by atoms with E-state index in [0.29, 0.717) is 0 Å². The SMILES string of the molecule is C=CC(NCC)c1cc2cc(F)ccc2s1. The summed E-state index contributed by atoms with van der Waals surface area (Å²) in [6, 6.07) is 7.08. The van der Waals surface area contributed by atoms with Crippen molar-refractivity contribution in [3.8, 4) is 0 Å². The lowest BCUT2D eigenvalue weighted by molar-refractivity contribution is 0.630. The molecule has 1 unspecified atom stereocenters. The lowest BCUT2D eigenvalue weighted by Gasteiger charge is -2.10. The van der Waals surface area contributed by atoms with E-state index in [2.05, 4.69) is 18.8 Å². The van der Waals surface area contributed by atoms with E-state index in [1.165, 1.54) is 10.9 Å². The molecule has 1 heterocycles. The van der Waals surface area contributed by atoms with E-state index in [9.17, 15) is 4.39 Å². The highest BCUT2D eigenvalue weighted by molar-refractivity contribution is 7.19. The standard InChI is InChI=1S/C13H14FNS/c1-3-11(15-4-2)13-8-9-7-10(14)5-6-12(9)16-13/h3,5-8,11,15H,1,4H2,2H3. The van der Waals surface area contributed by atoms with Crippen LogP contribution in [0.4, 0.5) is 4.39 Å². The van der Waals surface area contributed by atoms with Crippen molar-refractivity contribution in [2.45, 2.75) is 13.0 Å². The van der Waals surface area contributed by atoms with Gasteiger partial charge in [-0.2, -0.15) is 0 Å². The fourth-order valence-electron chi connectivity index (χ4n) is 1.71. The summed E-state index contributed by atoms with van der Waals surface area (Å²) in [6.45, 7) is 6.76. The maximum absolute atomic E-state index is 13.0. The van der Waals surface area contributed by atoms with Gasteiger partial charge in [0.2, 0.25) is 0 Å². The van der Waals surface area contributed by atoms with Crippen molar-refractivity contribution in [3.05, 3.63) is 47.6 Å². The van der Waals surface area contributed by atoms with Gasteiger partial charge in [0.1, 0.15) is 5.82 Å². The van der Waals surface area contributed by atoms with Gasteiger partial charge in [0, 0.05) is 9.58 Å². The smallest absolute Gasteiger partial charge is 0.123 e. The van der Waals surface area contributed by atoms with Crippen LogP contribution in [0, 0.1) is 5.82 Å². The van der Waals surface area contributed by atoms with Gasteiger partial charge in [0.05, 0.1) is 6.04 Å². The first-order valence-corrected chi connectivity index (χ1v) is 6.11. The molecule has 0 bridgehead atoms. The molecule has 3 heteroatoms. The first-order chi connectivity index (χ1) is 7.74. The predicted octanol–water partition coefficient (Wildman–Crippen LogP) is 3.88. The van der Waals surface area contributed by atoms with Crippen molar-refractivity contribution in [2.24, 2.45) is 0 Å². The number of hydrogen-bond donors (Lipinski definition) is 1. The molecule has 84 valence electrons. The van der Waals surface area contributed by atoms with E-state index in [1.807, 2.05) is 18.2 Å². The first-order valence-electron chi connectivity index (χ1n) is 5.29. The minimum absolute atomic E-state index is 0.158. The lowest BCUT2D eigenvalue weighted by Crippen LogP contribution is -2.17. The predicted molar refractivity (Wildman–Crippen MR) is 68.4 cm³/mol. The second-order valence-electron chi connectivity index (χ2n) is 3.60. The Labute approximate surface area is 98.6 Å². The van der Waals surface area contributed by atoms with Crippen LogP contribution in [-0.2, 0) is 0 Å². The van der Waals surface area contributed by atoms with E-state index < -0.39 is 0 Å². The minimum atomic E-state index is -0.185. The van der Waals surface area contributed by atoms with Crippen molar-refractivity contribution < 1.29 is 4.39 Å². The van der Waals surface area contributed by atoms with E-state index in [-0.39, 0.29) is 11.9 Å². The molecule has 0 saturated heterocycles. The topological polar surface area (TPSA) is 12.0 Å². The molecule has 2 aromatic rings. The molecule has 2 rings (SSSR count). The fourth-order valence-corrected chi connectivity index (χ4v) is 2.83. The van der Waals surface area contributed by atoms with Crippen LogP contribution in [0.15, 0.2) is 36.9 Å². The molecule has 1 N–H and O–H groups in total.